The molecule has 0 spiro atoms. The molecule has 2 amide bonds. The fourth-order valence-corrected chi connectivity index (χ4v) is 7.69. The van der Waals surface area contributed by atoms with Gasteiger partial charge in [-0.3, -0.25) is 14.4 Å². The fraction of sp³-hybridized carbons (Fsp3) is 0.586. The van der Waals surface area contributed by atoms with Crippen molar-refractivity contribution in [2.45, 2.75) is 55.7 Å². The third-order valence-electron chi connectivity index (χ3n) is 8.85. The van der Waals surface area contributed by atoms with Gasteiger partial charge in [-0.25, -0.2) is 4.98 Å². The maximum absolute atomic E-state index is 14.9. The Balaban J connectivity index is 1.18. The number of amides is 2. The van der Waals surface area contributed by atoms with Gasteiger partial charge in [0.1, 0.15) is 30.5 Å². The van der Waals surface area contributed by atoms with E-state index < -0.39 is 23.6 Å². The number of nitrogens with one attached hydrogen (secondary N) is 1. The second kappa shape index (κ2) is 11.9. The van der Waals surface area contributed by atoms with Crippen molar-refractivity contribution >= 4 is 45.7 Å². The number of hydrogen-bond donors (Lipinski definition) is 1. The molecule has 4 heterocycles. The first-order valence-corrected chi connectivity index (χ1v) is 15.7. The number of ether oxygens (including phenoxy) is 1. The number of fused-ring (bicyclic) bond motifs is 1. The molecular formula is C29H35ClFN5O4S. The lowest BCUT2D eigenvalue weighted by molar-refractivity contribution is -0.139. The van der Waals surface area contributed by atoms with Crippen LogP contribution in [0.25, 0.3) is 11.3 Å². The number of likely N-dealkylation sites (N-methyl/N-ethyl adjacent to an activating group) is 1. The van der Waals surface area contributed by atoms with Crippen LogP contribution in [-0.2, 0) is 14.3 Å². The number of ketones is 1. The minimum Gasteiger partial charge on any atom is -0.366 e. The van der Waals surface area contributed by atoms with Gasteiger partial charge in [-0.05, 0) is 37.9 Å². The molecule has 0 radical (unpaired) electrons. The van der Waals surface area contributed by atoms with E-state index in [0.717, 1.165) is 69.6 Å². The average molecular weight is 604 g/mol. The lowest BCUT2D eigenvalue weighted by Crippen LogP contribution is -2.55. The van der Waals surface area contributed by atoms with E-state index in [4.69, 9.17) is 16.3 Å². The Kier molecular flexibility index (Phi) is 8.31. The number of Topliss-reactive ketones (excluding diaryl/α,β-unsaturated/α-hetero) is 1. The number of rotatable bonds is 6. The number of piperazine rings is 1. The Hall–Kier alpha value is -2.60. The number of carbonyl (C=O) groups excluding carboxylic acids is 3. The molecule has 220 valence electrons. The van der Waals surface area contributed by atoms with Gasteiger partial charge in [0.15, 0.2) is 10.9 Å². The van der Waals surface area contributed by atoms with E-state index >= 15 is 0 Å². The van der Waals surface area contributed by atoms with Gasteiger partial charge in [0.25, 0.3) is 5.91 Å². The predicted octanol–water partition coefficient (Wildman–Crippen LogP) is 3.17. The first kappa shape index (κ1) is 28.5. The number of aromatic nitrogens is 1. The minimum atomic E-state index is -0.763. The van der Waals surface area contributed by atoms with E-state index in [2.05, 4.69) is 27.1 Å². The van der Waals surface area contributed by atoms with Crippen LogP contribution < -0.4 is 10.2 Å². The number of likely N-dealkylation sites (tertiary alicyclic amines) is 1. The molecule has 1 saturated carbocycles. The molecular weight excluding hydrogens is 569 g/mol. The van der Waals surface area contributed by atoms with Gasteiger partial charge in [-0.1, -0.05) is 42.7 Å². The highest BCUT2D eigenvalue weighted by Gasteiger charge is 2.53. The number of anilines is 1. The van der Waals surface area contributed by atoms with Crippen LogP contribution >= 0.6 is 22.9 Å². The number of thiazole rings is 1. The van der Waals surface area contributed by atoms with E-state index in [1.165, 1.54) is 4.90 Å². The van der Waals surface area contributed by atoms with E-state index in [-0.39, 0.29) is 47.5 Å². The smallest absolute Gasteiger partial charge is 0.251 e. The summed E-state index contributed by atoms with van der Waals surface area (Å²) in [6.45, 7) is 3.57. The predicted molar refractivity (Wildman–Crippen MR) is 155 cm³/mol. The first-order chi connectivity index (χ1) is 19.8. The van der Waals surface area contributed by atoms with Crippen LogP contribution in [0.4, 0.5) is 9.52 Å². The van der Waals surface area contributed by atoms with E-state index in [1.54, 1.807) is 24.3 Å². The molecule has 0 bridgehead atoms. The van der Waals surface area contributed by atoms with E-state index in [9.17, 15) is 18.8 Å². The fourth-order valence-electron chi connectivity index (χ4n) is 6.46. The highest BCUT2D eigenvalue weighted by molar-refractivity contribution is 7.14. The molecule has 3 aliphatic heterocycles. The zero-order valence-electron chi connectivity index (χ0n) is 23.1. The third-order valence-corrected chi connectivity index (χ3v) is 10.1. The molecule has 2 aromatic rings. The molecule has 1 aromatic heterocycles. The van der Waals surface area contributed by atoms with Crippen molar-refractivity contribution in [2.75, 3.05) is 51.3 Å². The minimum absolute atomic E-state index is 0.0261. The summed E-state index contributed by atoms with van der Waals surface area (Å²) in [5.74, 6) is -0.841. The number of benzene rings is 1. The van der Waals surface area contributed by atoms with Crippen molar-refractivity contribution in [1.82, 2.24) is 20.1 Å². The summed E-state index contributed by atoms with van der Waals surface area (Å²) in [7, 11) is 2.07. The van der Waals surface area contributed by atoms with Crippen molar-refractivity contribution in [1.29, 1.82) is 0 Å². The highest BCUT2D eigenvalue weighted by atomic mass is 35.5. The van der Waals surface area contributed by atoms with Gasteiger partial charge >= 0.3 is 0 Å². The number of carbonyl (C=O) groups is 3. The summed E-state index contributed by atoms with van der Waals surface area (Å²) in [6.07, 6.45) is 4.21. The second-order valence-electron chi connectivity index (χ2n) is 11.5. The van der Waals surface area contributed by atoms with Crippen molar-refractivity contribution in [3.8, 4) is 11.3 Å². The van der Waals surface area contributed by atoms with Crippen molar-refractivity contribution in [2.24, 2.45) is 5.92 Å². The first-order valence-electron chi connectivity index (χ1n) is 14.4. The molecule has 12 heteroatoms. The van der Waals surface area contributed by atoms with Crippen LogP contribution in [0.3, 0.4) is 0 Å². The van der Waals surface area contributed by atoms with Crippen LogP contribution in [-0.4, -0.2) is 102 Å². The maximum Gasteiger partial charge on any atom is 0.251 e. The number of hydrogen-bond acceptors (Lipinski definition) is 8. The number of alkyl halides is 1. The lowest BCUT2D eigenvalue weighted by atomic mass is 9.83. The molecule has 9 nitrogen and oxygen atoms in total. The average Bonchev–Trinajstić information content (AvgIpc) is 3.67. The molecule has 3 saturated heterocycles. The highest BCUT2D eigenvalue weighted by Crippen LogP contribution is 2.35. The standard InChI is InChI=1S/C29H35ClFN5O4S/c1-34-11-13-35(14-12-34)29-33-22(26(31)41-29)18-7-9-19(10-8-18)27(38)32-23(17-5-3-2-4-6-17)28(39)36-15-20(30)25-24(36)21(37)16-40-25/h7-10,17,20,23-25H,2-6,11-16H2,1H3,(H,32,38). The Bertz CT molecular complexity index is 1290. The Morgan fingerprint density at radius 3 is 2.54 bits per heavy atom. The number of halogens is 2. The summed E-state index contributed by atoms with van der Waals surface area (Å²) in [5, 5.41) is 2.83. The molecule has 41 heavy (non-hydrogen) atoms. The van der Waals surface area contributed by atoms with Crippen LogP contribution in [0, 0.1) is 11.0 Å². The molecule has 1 aromatic carbocycles. The molecule has 4 aliphatic rings. The van der Waals surface area contributed by atoms with Crippen LogP contribution in [0.15, 0.2) is 24.3 Å². The van der Waals surface area contributed by atoms with Crippen LogP contribution in [0.2, 0.25) is 0 Å². The summed E-state index contributed by atoms with van der Waals surface area (Å²) >= 11 is 7.48. The molecule has 4 fully saturated rings. The third kappa shape index (κ3) is 5.74. The zero-order valence-corrected chi connectivity index (χ0v) is 24.6. The van der Waals surface area contributed by atoms with Gasteiger partial charge in [0, 0.05) is 43.9 Å². The lowest BCUT2D eigenvalue weighted by Gasteiger charge is -2.34. The normalized spacial score (nSPS) is 26.3. The SMILES string of the molecule is CN1CCN(c2nc(-c3ccc(C(=O)NC(C(=O)N4CC(Cl)C5OCC(=O)C54)C4CCCCC4)cc3)c(F)s2)CC1. The molecule has 1 aliphatic carbocycles. The van der Waals surface area contributed by atoms with Crippen molar-refractivity contribution in [3.05, 3.63) is 35.0 Å². The van der Waals surface area contributed by atoms with Gasteiger partial charge in [0.05, 0.1) is 5.38 Å². The summed E-state index contributed by atoms with van der Waals surface area (Å²) in [4.78, 5) is 50.2. The van der Waals surface area contributed by atoms with Gasteiger partial charge in [0.2, 0.25) is 11.0 Å². The molecule has 4 unspecified atom stereocenters. The van der Waals surface area contributed by atoms with Gasteiger partial charge in [-0.2, -0.15) is 4.39 Å². The summed E-state index contributed by atoms with van der Waals surface area (Å²) < 4.78 is 20.5. The van der Waals surface area contributed by atoms with Crippen LogP contribution in [0.1, 0.15) is 42.5 Å². The Morgan fingerprint density at radius 2 is 1.83 bits per heavy atom. The maximum atomic E-state index is 14.9. The quantitative estimate of drug-likeness (QED) is 0.507. The Labute approximate surface area is 248 Å². The zero-order chi connectivity index (χ0) is 28.7. The van der Waals surface area contributed by atoms with E-state index in [0.29, 0.717) is 16.3 Å². The van der Waals surface area contributed by atoms with Gasteiger partial charge < -0.3 is 24.8 Å². The Morgan fingerprint density at radius 1 is 1.12 bits per heavy atom. The molecule has 4 atom stereocenters. The second-order valence-corrected chi connectivity index (χ2v) is 13.0. The largest absolute Gasteiger partial charge is 0.366 e. The molecule has 1 N–H and O–H groups in total. The topological polar surface area (TPSA) is 95.1 Å². The van der Waals surface area contributed by atoms with E-state index in [1.807, 2.05) is 0 Å². The van der Waals surface area contributed by atoms with Crippen molar-refractivity contribution in [3.63, 3.8) is 0 Å². The monoisotopic (exact) mass is 603 g/mol. The molecule has 6 rings (SSSR count). The van der Waals surface area contributed by atoms with Crippen LogP contribution in [0.5, 0.6) is 0 Å². The number of nitrogens with zero attached hydrogens (tertiary/aromatic N) is 4. The summed E-state index contributed by atoms with van der Waals surface area (Å²) in [6, 6.07) is 5.19. The van der Waals surface area contributed by atoms with Gasteiger partial charge in [-0.15, -0.1) is 11.6 Å². The van der Waals surface area contributed by atoms with Crippen molar-refractivity contribution < 1.29 is 23.5 Å². The summed E-state index contributed by atoms with van der Waals surface area (Å²) in [5.41, 5.74) is 1.23.